The molecule has 0 spiro atoms. The van der Waals surface area contributed by atoms with Gasteiger partial charge in [0.05, 0.1) is 6.04 Å². The number of hydrogen-bond donors (Lipinski definition) is 1. The summed E-state index contributed by atoms with van der Waals surface area (Å²) in [6, 6.07) is 11.2. The van der Waals surface area contributed by atoms with Crippen LogP contribution < -0.4 is 5.32 Å². The van der Waals surface area contributed by atoms with E-state index in [1.165, 1.54) is 24.9 Å². The predicted octanol–water partition coefficient (Wildman–Crippen LogP) is 2.81. The molecule has 1 aromatic carbocycles. The van der Waals surface area contributed by atoms with E-state index in [1.807, 2.05) is 11.0 Å². The van der Waals surface area contributed by atoms with Crippen molar-refractivity contribution >= 4 is 6.03 Å². The molecule has 2 aliphatic heterocycles. The van der Waals surface area contributed by atoms with Gasteiger partial charge in [-0.1, -0.05) is 30.3 Å². The van der Waals surface area contributed by atoms with E-state index in [-0.39, 0.29) is 12.1 Å². The van der Waals surface area contributed by atoms with E-state index < -0.39 is 0 Å². The van der Waals surface area contributed by atoms with Crippen molar-refractivity contribution < 1.29 is 4.79 Å². The SMILES string of the molecule is CC(C)N1CCCC(CNC(=O)N2CCN(C)CC2c2ccccc2)C1. The van der Waals surface area contributed by atoms with Crippen LogP contribution in [0.15, 0.2) is 30.3 Å². The zero-order chi connectivity index (χ0) is 18.5. The van der Waals surface area contributed by atoms with Crippen LogP contribution in [0.3, 0.4) is 0 Å². The van der Waals surface area contributed by atoms with Crippen LogP contribution in [-0.2, 0) is 0 Å². The minimum Gasteiger partial charge on any atom is -0.338 e. The van der Waals surface area contributed by atoms with Crippen molar-refractivity contribution in [2.75, 3.05) is 46.3 Å². The average molecular weight is 359 g/mol. The maximum absolute atomic E-state index is 12.9. The number of nitrogens with one attached hydrogen (secondary N) is 1. The van der Waals surface area contributed by atoms with E-state index >= 15 is 0 Å². The maximum atomic E-state index is 12.9. The summed E-state index contributed by atoms with van der Waals surface area (Å²) < 4.78 is 0. The Morgan fingerprint density at radius 1 is 1.15 bits per heavy atom. The first-order valence-corrected chi connectivity index (χ1v) is 10.1. The standard InChI is InChI=1S/C21H34N4O/c1-17(2)24-11-7-8-18(15-24)14-22-21(26)25-13-12-23(3)16-20(25)19-9-5-4-6-10-19/h4-6,9-10,17-18,20H,7-8,11-16H2,1-3H3,(H,22,26). The van der Waals surface area contributed by atoms with Gasteiger partial charge in [-0.2, -0.15) is 0 Å². The highest BCUT2D eigenvalue weighted by Gasteiger charge is 2.31. The molecule has 2 unspecified atom stereocenters. The molecule has 0 aliphatic carbocycles. The van der Waals surface area contributed by atoms with Gasteiger partial charge in [-0.15, -0.1) is 0 Å². The second-order valence-electron chi connectivity index (χ2n) is 8.17. The number of urea groups is 1. The molecular weight excluding hydrogens is 324 g/mol. The van der Waals surface area contributed by atoms with Crippen LogP contribution in [0.1, 0.15) is 38.3 Å². The van der Waals surface area contributed by atoms with Gasteiger partial charge in [0.25, 0.3) is 0 Å². The summed E-state index contributed by atoms with van der Waals surface area (Å²) in [5, 5.41) is 3.24. The lowest BCUT2D eigenvalue weighted by molar-refractivity contribution is 0.104. The third-order valence-electron chi connectivity index (χ3n) is 5.85. The van der Waals surface area contributed by atoms with Crippen molar-refractivity contribution in [3.63, 3.8) is 0 Å². The molecule has 0 bridgehead atoms. The van der Waals surface area contributed by atoms with Gasteiger partial charge in [0, 0.05) is 38.8 Å². The van der Waals surface area contributed by atoms with Crippen LogP contribution in [0.2, 0.25) is 0 Å². The first-order chi connectivity index (χ1) is 12.5. The summed E-state index contributed by atoms with van der Waals surface area (Å²) in [5.74, 6) is 0.567. The topological polar surface area (TPSA) is 38.8 Å². The zero-order valence-corrected chi connectivity index (χ0v) is 16.5. The van der Waals surface area contributed by atoms with Gasteiger partial charge < -0.3 is 20.0 Å². The lowest BCUT2D eigenvalue weighted by Crippen LogP contribution is -2.53. The first-order valence-electron chi connectivity index (χ1n) is 10.1. The lowest BCUT2D eigenvalue weighted by atomic mass is 9.97. The van der Waals surface area contributed by atoms with Crippen LogP contribution in [-0.4, -0.2) is 73.1 Å². The molecule has 2 saturated heterocycles. The molecule has 5 heteroatoms. The normalized spacial score (nSPS) is 25.5. The van der Waals surface area contributed by atoms with Gasteiger partial charge in [-0.05, 0) is 51.8 Å². The third kappa shape index (κ3) is 4.77. The van der Waals surface area contributed by atoms with E-state index in [9.17, 15) is 4.79 Å². The summed E-state index contributed by atoms with van der Waals surface area (Å²) in [4.78, 5) is 19.8. The Hall–Kier alpha value is -1.59. The fourth-order valence-corrected chi connectivity index (χ4v) is 4.19. The highest BCUT2D eigenvalue weighted by atomic mass is 16.2. The van der Waals surface area contributed by atoms with Crippen LogP contribution in [0.4, 0.5) is 4.79 Å². The molecule has 2 atom stereocenters. The number of hydrogen-bond acceptors (Lipinski definition) is 3. The molecule has 5 nitrogen and oxygen atoms in total. The molecule has 0 saturated carbocycles. The molecule has 0 radical (unpaired) electrons. The Balaban J connectivity index is 1.59. The van der Waals surface area contributed by atoms with E-state index in [1.54, 1.807) is 0 Å². The summed E-state index contributed by atoms with van der Waals surface area (Å²) >= 11 is 0. The number of rotatable bonds is 4. The molecule has 1 N–H and O–H groups in total. The van der Waals surface area contributed by atoms with Crippen LogP contribution in [0, 0.1) is 5.92 Å². The van der Waals surface area contributed by atoms with Crippen LogP contribution >= 0.6 is 0 Å². The number of likely N-dealkylation sites (N-methyl/N-ethyl adjacent to an activating group) is 1. The van der Waals surface area contributed by atoms with Crippen molar-refractivity contribution in [2.24, 2.45) is 5.92 Å². The first kappa shape index (κ1) is 19.2. The molecule has 2 heterocycles. The summed E-state index contributed by atoms with van der Waals surface area (Å²) in [7, 11) is 2.13. The van der Waals surface area contributed by atoms with Crippen molar-refractivity contribution in [3.8, 4) is 0 Å². The monoisotopic (exact) mass is 358 g/mol. The van der Waals surface area contributed by atoms with E-state index in [0.29, 0.717) is 12.0 Å². The Morgan fingerprint density at radius 3 is 2.65 bits per heavy atom. The molecule has 144 valence electrons. The molecule has 2 aliphatic rings. The number of likely N-dealkylation sites (tertiary alicyclic amines) is 1. The van der Waals surface area contributed by atoms with Crippen LogP contribution in [0.25, 0.3) is 0 Å². The summed E-state index contributed by atoms with van der Waals surface area (Å²) in [6.45, 7) is 10.2. The van der Waals surface area contributed by atoms with E-state index in [4.69, 9.17) is 0 Å². The molecule has 1 aromatic rings. The number of nitrogens with zero attached hydrogens (tertiary/aromatic N) is 3. The Labute approximate surface area is 158 Å². The summed E-state index contributed by atoms with van der Waals surface area (Å²) in [5.41, 5.74) is 1.22. The minimum atomic E-state index is 0.0913. The number of carbonyl (C=O) groups is 1. The Morgan fingerprint density at radius 2 is 1.92 bits per heavy atom. The second kappa shape index (κ2) is 8.87. The van der Waals surface area contributed by atoms with E-state index in [0.717, 1.165) is 32.7 Å². The van der Waals surface area contributed by atoms with Gasteiger partial charge in [0.1, 0.15) is 0 Å². The highest BCUT2D eigenvalue weighted by Crippen LogP contribution is 2.25. The number of amides is 2. The highest BCUT2D eigenvalue weighted by molar-refractivity contribution is 5.75. The van der Waals surface area contributed by atoms with Crippen molar-refractivity contribution in [3.05, 3.63) is 35.9 Å². The molecule has 3 rings (SSSR count). The molecule has 26 heavy (non-hydrogen) atoms. The Bertz CT molecular complexity index is 577. The number of carbonyl (C=O) groups excluding carboxylic acids is 1. The second-order valence-corrected chi connectivity index (χ2v) is 8.17. The van der Waals surface area contributed by atoms with Gasteiger partial charge in [-0.25, -0.2) is 4.79 Å². The van der Waals surface area contributed by atoms with E-state index in [2.05, 4.69) is 60.3 Å². The molecular formula is C21H34N4O. The fourth-order valence-electron chi connectivity index (χ4n) is 4.19. The number of piperidine rings is 1. The average Bonchev–Trinajstić information content (AvgIpc) is 2.67. The molecule has 0 aromatic heterocycles. The fraction of sp³-hybridized carbons (Fsp3) is 0.667. The quantitative estimate of drug-likeness (QED) is 0.899. The maximum Gasteiger partial charge on any atom is 0.318 e. The van der Waals surface area contributed by atoms with Crippen molar-refractivity contribution in [1.29, 1.82) is 0 Å². The molecule has 2 fully saturated rings. The molecule has 2 amide bonds. The number of piperazine rings is 1. The van der Waals surface area contributed by atoms with Crippen molar-refractivity contribution in [1.82, 2.24) is 20.0 Å². The largest absolute Gasteiger partial charge is 0.338 e. The van der Waals surface area contributed by atoms with Gasteiger partial charge in [0.2, 0.25) is 0 Å². The third-order valence-corrected chi connectivity index (χ3v) is 5.85. The smallest absolute Gasteiger partial charge is 0.318 e. The van der Waals surface area contributed by atoms with Crippen LogP contribution in [0.5, 0.6) is 0 Å². The minimum absolute atomic E-state index is 0.0913. The summed E-state index contributed by atoms with van der Waals surface area (Å²) in [6.07, 6.45) is 2.45. The number of benzene rings is 1. The van der Waals surface area contributed by atoms with Gasteiger partial charge >= 0.3 is 6.03 Å². The van der Waals surface area contributed by atoms with Gasteiger partial charge in [-0.3, -0.25) is 0 Å². The Kier molecular flexibility index (Phi) is 6.54. The van der Waals surface area contributed by atoms with Gasteiger partial charge in [0.15, 0.2) is 0 Å². The zero-order valence-electron chi connectivity index (χ0n) is 16.5. The predicted molar refractivity (Wildman–Crippen MR) is 106 cm³/mol. The lowest BCUT2D eigenvalue weighted by Gasteiger charge is -2.41. The van der Waals surface area contributed by atoms with Crippen molar-refractivity contribution in [2.45, 2.75) is 38.8 Å².